The van der Waals surface area contributed by atoms with E-state index in [2.05, 4.69) is 10.2 Å². The molecule has 3 aliphatic heterocycles. The summed E-state index contributed by atoms with van der Waals surface area (Å²) >= 11 is 0. The highest BCUT2D eigenvalue weighted by Gasteiger charge is 2.60. The fraction of sp³-hybridized carbons (Fsp3) is 0.440. The van der Waals surface area contributed by atoms with Gasteiger partial charge in [-0.25, -0.2) is 17.2 Å². The zero-order valence-corrected chi connectivity index (χ0v) is 20.3. The van der Waals surface area contributed by atoms with Gasteiger partial charge in [0.15, 0.2) is 5.82 Å². The van der Waals surface area contributed by atoms with Crippen LogP contribution in [0.2, 0.25) is 0 Å². The second-order valence-corrected chi connectivity index (χ2v) is 12.5. The highest BCUT2D eigenvalue weighted by Crippen LogP contribution is 2.57. The molecule has 1 aliphatic carbocycles. The van der Waals surface area contributed by atoms with Crippen LogP contribution in [0, 0.1) is 23.5 Å². The summed E-state index contributed by atoms with van der Waals surface area (Å²) in [5.41, 5.74) is -1.30. The van der Waals surface area contributed by atoms with E-state index < -0.39 is 56.5 Å². The Kier molecular flexibility index (Phi) is 4.86. The Bertz CT molecular complexity index is 1470. The van der Waals surface area contributed by atoms with Gasteiger partial charge in [0.25, 0.3) is 5.92 Å². The first kappa shape index (κ1) is 23.2. The van der Waals surface area contributed by atoms with Crippen molar-refractivity contribution in [3.05, 3.63) is 77.4 Å². The summed E-state index contributed by atoms with van der Waals surface area (Å²) in [4.78, 5) is 1.61. The van der Waals surface area contributed by atoms with Crippen molar-refractivity contribution >= 4 is 15.7 Å². The third-order valence-electron chi connectivity index (χ3n) is 8.54. The largest absolute Gasteiger partial charge is 0.368 e. The summed E-state index contributed by atoms with van der Waals surface area (Å²) in [6.07, 6.45) is 3.03. The molecule has 7 rings (SSSR count). The molecule has 194 valence electrons. The average Bonchev–Trinajstić information content (AvgIpc) is 3.23. The third-order valence-corrected chi connectivity index (χ3v) is 10.8. The standard InChI is InChI=1S/C25H23F4N5O2S/c26-18-8-19(32-9-15-16(10-32)24(15)33-12-30-31-13-33)23(27)22-17(18)11-34-21(25(22,28)29)7-6-20(37(34,35)36)14-4-2-1-3-5-14/h1-5,8,12-13,15-16,20-21,24H,6-7,9-11H2/t15-,16+,20-,21-,24?/m1/s1. The van der Waals surface area contributed by atoms with Gasteiger partial charge in [-0.3, -0.25) is 0 Å². The molecule has 5 atom stereocenters. The average molecular weight is 534 g/mol. The maximum Gasteiger partial charge on any atom is 0.292 e. The third kappa shape index (κ3) is 3.24. The van der Waals surface area contributed by atoms with Crippen LogP contribution in [0.3, 0.4) is 0 Å². The molecular formula is C25H23F4N5O2S. The molecule has 3 aromatic rings. The number of aromatic nitrogens is 3. The van der Waals surface area contributed by atoms with Crippen LogP contribution in [-0.2, 0) is 22.5 Å². The molecule has 4 heterocycles. The SMILES string of the molecule is O=S1(=O)[C@@H](c2ccccc2)CC[C@H]2N1Cc1c(F)cc(N3C[C@@H]4C(n5cnnc5)[C@@H]4C3)c(F)c1C2(F)F. The number of hydrogen-bond donors (Lipinski definition) is 0. The predicted molar refractivity (Wildman–Crippen MR) is 125 cm³/mol. The van der Waals surface area contributed by atoms with E-state index in [0.717, 1.165) is 6.07 Å². The summed E-state index contributed by atoms with van der Waals surface area (Å²) in [7, 11) is -4.23. The number of halogens is 4. The molecule has 0 spiro atoms. The Labute approximate surface area is 210 Å². The molecule has 0 N–H and O–H groups in total. The van der Waals surface area contributed by atoms with Crippen molar-refractivity contribution in [1.29, 1.82) is 0 Å². The van der Waals surface area contributed by atoms with Gasteiger partial charge in [0.2, 0.25) is 10.0 Å². The quantitative estimate of drug-likeness (QED) is 0.476. The van der Waals surface area contributed by atoms with Gasteiger partial charge in [-0.1, -0.05) is 30.3 Å². The highest BCUT2D eigenvalue weighted by molar-refractivity contribution is 7.89. The van der Waals surface area contributed by atoms with E-state index in [9.17, 15) is 8.42 Å². The maximum atomic E-state index is 15.9. The molecule has 2 saturated heterocycles. The number of nitrogens with zero attached hydrogens (tertiary/aromatic N) is 5. The van der Waals surface area contributed by atoms with E-state index in [1.54, 1.807) is 47.9 Å². The summed E-state index contributed by atoms with van der Waals surface area (Å²) in [5.74, 6) is -5.72. The Balaban J connectivity index is 1.23. The fourth-order valence-electron chi connectivity index (χ4n) is 6.71. The normalized spacial score (nSPS) is 31.5. The van der Waals surface area contributed by atoms with Crippen LogP contribution < -0.4 is 4.90 Å². The van der Waals surface area contributed by atoms with Crippen molar-refractivity contribution < 1.29 is 26.0 Å². The van der Waals surface area contributed by atoms with Crippen LogP contribution in [0.25, 0.3) is 0 Å². The van der Waals surface area contributed by atoms with E-state index in [-0.39, 0.29) is 36.4 Å². The molecule has 1 aromatic heterocycles. The molecule has 0 bridgehead atoms. The molecule has 4 aliphatic rings. The van der Waals surface area contributed by atoms with Crippen LogP contribution in [-0.4, -0.2) is 46.6 Å². The smallest absolute Gasteiger partial charge is 0.292 e. The van der Waals surface area contributed by atoms with Crippen LogP contribution in [0.5, 0.6) is 0 Å². The van der Waals surface area contributed by atoms with Gasteiger partial charge < -0.3 is 9.47 Å². The van der Waals surface area contributed by atoms with E-state index in [4.69, 9.17) is 0 Å². The first-order chi connectivity index (χ1) is 17.7. The molecule has 7 nitrogen and oxygen atoms in total. The molecule has 0 amide bonds. The van der Waals surface area contributed by atoms with Crippen LogP contribution in [0.15, 0.2) is 49.1 Å². The Hall–Kier alpha value is -2.99. The number of rotatable bonds is 3. The summed E-state index contributed by atoms with van der Waals surface area (Å²) in [5, 5.41) is 6.60. The van der Waals surface area contributed by atoms with Crippen molar-refractivity contribution in [2.24, 2.45) is 11.8 Å². The lowest BCUT2D eigenvalue weighted by Gasteiger charge is -2.46. The van der Waals surface area contributed by atoms with Gasteiger partial charge in [0.1, 0.15) is 23.7 Å². The fourth-order valence-corrected chi connectivity index (χ4v) is 8.88. The van der Waals surface area contributed by atoms with Gasteiger partial charge in [-0.2, -0.15) is 13.1 Å². The molecule has 37 heavy (non-hydrogen) atoms. The number of sulfonamides is 1. The zero-order valence-electron chi connectivity index (χ0n) is 19.5. The lowest BCUT2D eigenvalue weighted by atomic mass is 9.87. The van der Waals surface area contributed by atoms with Gasteiger partial charge in [0.05, 0.1) is 17.3 Å². The molecule has 3 fully saturated rings. The highest BCUT2D eigenvalue weighted by atomic mass is 32.2. The monoisotopic (exact) mass is 533 g/mol. The number of piperidine rings is 1. The van der Waals surface area contributed by atoms with Crippen molar-refractivity contribution in [3.8, 4) is 0 Å². The Morgan fingerprint density at radius 2 is 1.65 bits per heavy atom. The van der Waals surface area contributed by atoms with Gasteiger partial charge in [-0.05, 0) is 18.4 Å². The maximum absolute atomic E-state index is 15.9. The van der Waals surface area contributed by atoms with Gasteiger partial charge in [0, 0.05) is 49.1 Å². The van der Waals surface area contributed by atoms with E-state index in [0.29, 0.717) is 23.0 Å². The van der Waals surface area contributed by atoms with E-state index in [1.165, 1.54) is 0 Å². The number of hydrogen-bond acceptors (Lipinski definition) is 5. The molecule has 1 unspecified atom stereocenters. The van der Waals surface area contributed by atoms with Gasteiger partial charge >= 0.3 is 0 Å². The molecule has 0 radical (unpaired) electrons. The summed E-state index contributed by atoms with van der Waals surface area (Å²) in [6, 6.07) is 7.72. The lowest BCUT2D eigenvalue weighted by Crippen LogP contribution is -2.56. The van der Waals surface area contributed by atoms with E-state index in [1.807, 2.05) is 4.57 Å². The van der Waals surface area contributed by atoms with Crippen molar-refractivity contribution in [2.45, 2.75) is 42.6 Å². The topological polar surface area (TPSA) is 71.3 Å². The summed E-state index contributed by atoms with van der Waals surface area (Å²) < 4.78 is 92.4. The zero-order chi connectivity index (χ0) is 25.7. The van der Waals surface area contributed by atoms with E-state index >= 15 is 17.6 Å². The van der Waals surface area contributed by atoms with Crippen LogP contribution >= 0.6 is 0 Å². The van der Waals surface area contributed by atoms with Crippen molar-refractivity contribution in [1.82, 2.24) is 19.1 Å². The number of fused-ring (bicyclic) bond motifs is 3. The second-order valence-electron chi connectivity index (χ2n) is 10.4. The lowest BCUT2D eigenvalue weighted by molar-refractivity contribution is -0.0897. The predicted octanol–water partition coefficient (Wildman–Crippen LogP) is 4.00. The van der Waals surface area contributed by atoms with Gasteiger partial charge in [-0.15, -0.1) is 10.2 Å². The first-order valence-electron chi connectivity index (χ1n) is 12.2. The molecule has 12 heteroatoms. The number of benzene rings is 2. The molecule has 1 saturated carbocycles. The summed E-state index contributed by atoms with van der Waals surface area (Å²) in [6.45, 7) is 0.180. The molecular weight excluding hydrogens is 510 g/mol. The number of alkyl halides is 2. The number of anilines is 1. The minimum atomic E-state index is -4.23. The minimum absolute atomic E-state index is 0.0256. The first-order valence-corrected chi connectivity index (χ1v) is 13.7. The second kappa shape index (κ2) is 7.76. The van der Waals surface area contributed by atoms with Crippen molar-refractivity contribution in [3.63, 3.8) is 0 Å². The van der Waals surface area contributed by atoms with Crippen molar-refractivity contribution in [2.75, 3.05) is 18.0 Å². The Morgan fingerprint density at radius 3 is 2.32 bits per heavy atom. The minimum Gasteiger partial charge on any atom is -0.368 e. The van der Waals surface area contributed by atoms with Crippen LogP contribution in [0.1, 0.15) is 40.8 Å². The Morgan fingerprint density at radius 1 is 0.973 bits per heavy atom. The molecule has 2 aromatic carbocycles. The van der Waals surface area contributed by atoms with Crippen LogP contribution in [0.4, 0.5) is 23.2 Å².